The van der Waals surface area contributed by atoms with Crippen molar-refractivity contribution in [2.24, 2.45) is 0 Å². The van der Waals surface area contributed by atoms with E-state index in [9.17, 15) is 4.79 Å². The van der Waals surface area contributed by atoms with Gasteiger partial charge in [0.05, 0.1) is 6.54 Å². The molecule has 2 rings (SSSR count). The highest BCUT2D eigenvalue weighted by Gasteiger charge is 2.45. The van der Waals surface area contributed by atoms with E-state index < -0.39 is 0 Å². The van der Waals surface area contributed by atoms with Crippen molar-refractivity contribution < 1.29 is 9.53 Å². The van der Waals surface area contributed by atoms with Crippen LogP contribution in [-0.4, -0.2) is 42.7 Å². The Bertz CT molecular complexity index is 216. The lowest BCUT2D eigenvalue weighted by molar-refractivity contribution is 0.0316. The zero-order valence-corrected chi connectivity index (χ0v) is 8.80. The van der Waals surface area contributed by atoms with Crippen LogP contribution in [0.25, 0.3) is 0 Å². The molecule has 2 aliphatic heterocycles. The Kier molecular flexibility index (Phi) is 2.43. The molecule has 2 fully saturated rings. The monoisotopic (exact) mass is 202 g/mol. The van der Waals surface area contributed by atoms with Crippen LogP contribution >= 0.6 is 8.73 Å². The first-order valence-electron chi connectivity index (χ1n) is 4.64. The number of amides is 1. The zero-order valence-electron chi connectivity index (χ0n) is 7.80. The number of hydrogen-bond acceptors (Lipinski definition) is 3. The highest BCUT2D eigenvalue weighted by molar-refractivity contribution is 7.35. The van der Waals surface area contributed by atoms with Gasteiger partial charge in [0.15, 0.2) is 0 Å². The number of piperidine rings is 1. The van der Waals surface area contributed by atoms with Gasteiger partial charge in [-0.3, -0.25) is 4.67 Å². The molecule has 2 heterocycles. The minimum Gasteiger partial charge on any atom is -0.441 e. The Hall–Kier alpha value is -0.340. The third-order valence-electron chi connectivity index (χ3n) is 2.76. The van der Waals surface area contributed by atoms with E-state index in [1.54, 1.807) is 0 Å². The predicted octanol–water partition coefficient (Wildman–Crippen LogP) is 0.784. The van der Waals surface area contributed by atoms with Crippen molar-refractivity contribution in [2.45, 2.75) is 18.4 Å². The molecule has 0 aliphatic carbocycles. The average Bonchev–Trinajstić information content (AvgIpc) is 2.44. The first-order chi connectivity index (χ1) is 6.26. The molecule has 2 aliphatic rings. The smallest absolute Gasteiger partial charge is 0.413 e. The molecule has 74 valence electrons. The average molecular weight is 202 g/mol. The first-order valence-corrected chi connectivity index (χ1v) is 6.09. The van der Waals surface area contributed by atoms with Crippen molar-refractivity contribution in [1.82, 2.24) is 9.99 Å². The summed E-state index contributed by atoms with van der Waals surface area (Å²) in [6.07, 6.45) is 1.79. The Morgan fingerprint density at radius 1 is 1.54 bits per heavy atom. The highest BCUT2D eigenvalue weighted by Crippen LogP contribution is 2.35. The molecule has 0 radical (unpaired) electrons. The number of ether oxygens (including phenoxy) is 1. The SMILES string of the molecule is CPN1CC2(CCNCC2)OC1=O. The molecule has 0 aromatic rings. The number of nitrogens with zero attached hydrogens (tertiary/aromatic N) is 1. The Labute approximate surface area is 79.8 Å². The molecule has 1 N–H and O–H groups in total. The van der Waals surface area contributed by atoms with Crippen LogP contribution in [0.15, 0.2) is 0 Å². The van der Waals surface area contributed by atoms with Gasteiger partial charge in [0.1, 0.15) is 5.60 Å². The summed E-state index contributed by atoms with van der Waals surface area (Å²) in [4.78, 5) is 11.4. The quantitative estimate of drug-likeness (QED) is 0.639. The molecular formula is C8H15N2O2P. The van der Waals surface area contributed by atoms with Gasteiger partial charge >= 0.3 is 6.09 Å². The van der Waals surface area contributed by atoms with Crippen LogP contribution in [0.1, 0.15) is 12.8 Å². The van der Waals surface area contributed by atoms with Crippen molar-refractivity contribution in [2.75, 3.05) is 26.3 Å². The molecule has 0 aromatic carbocycles. The summed E-state index contributed by atoms with van der Waals surface area (Å²) in [5.41, 5.74) is -0.161. The lowest BCUT2D eigenvalue weighted by atomic mass is 9.93. The van der Waals surface area contributed by atoms with Crippen molar-refractivity contribution in [3.05, 3.63) is 0 Å². The molecule has 0 aromatic heterocycles. The van der Waals surface area contributed by atoms with Crippen LogP contribution in [-0.2, 0) is 4.74 Å². The summed E-state index contributed by atoms with van der Waals surface area (Å²) in [5, 5.41) is 3.28. The molecule has 2 saturated heterocycles. The Morgan fingerprint density at radius 3 is 2.77 bits per heavy atom. The molecule has 1 amide bonds. The topological polar surface area (TPSA) is 41.6 Å². The summed E-state index contributed by atoms with van der Waals surface area (Å²) >= 11 is 0. The number of carbonyl (C=O) groups excluding carboxylic acids is 1. The Balaban J connectivity index is 2.05. The van der Waals surface area contributed by atoms with E-state index >= 15 is 0 Å². The van der Waals surface area contributed by atoms with Crippen LogP contribution < -0.4 is 5.32 Å². The molecule has 13 heavy (non-hydrogen) atoms. The molecule has 0 saturated carbocycles. The van der Waals surface area contributed by atoms with Crippen molar-refractivity contribution in [3.63, 3.8) is 0 Å². The van der Waals surface area contributed by atoms with Crippen LogP contribution in [0.2, 0.25) is 0 Å². The van der Waals surface area contributed by atoms with Crippen molar-refractivity contribution in [3.8, 4) is 0 Å². The van der Waals surface area contributed by atoms with Gasteiger partial charge in [0.2, 0.25) is 0 Å². The molecule has 1 spiro atoms. The van der Waals surface area contributed by atoms with Gasteiger partial charge in [-0.2, -0.15) is 0 Å². The van der Waals surface area contributed by atoms with Crippen molar-refractivity contribution >= 4 is 14.8 Å². The normalized spacial score (nSPS) is 27.5. The van der Waals surface area contributed by atoms with Crippen molar-refractivity contribution in [1.29, 1.82) is 0 Å². The van der Waals surface area contributed by atoms with Crippen LogP contribution in [0.3, 0.4) is 0 Å². The van der Waals surface area contributed by atoms with E-state index in [1.165, 1.54) is 0 Å². The van der Waals surface area contributed by atoms with E-state index in [2.05, 4.69) is 5.32 Å². The fourth-order valence-electron chi connectivity index (χ4n) is 1.94. The third-order valence-corrected chi connectivity index (χ3v) is 3.64. The number of hydrogen-bond donors (Lipinski definition) is 1. The predicted molar refractivity (Wildman–Crippen MR) is 52.3 cm³/mol. The van der Waals surface area contributed by atoms with Gasteiger partial charge in [-0.1, -0.05) is 0 Å². The number of nitrogens with one attached hydrogen (secondary N) is 1. The summed E-state index contributed by atoms with van der Waals surface area (Å²) in [5.74, 6) is 0. The van der Waals surface area contributed by atoms with Crippen LogP contribution in [0.5, 0.6) is 0 Å². The second-order valence-corrected chi connectivity index (χ2v) is 4.60. The van der Waals surface area contributed by atoms with E-state index in [-0.39, 0.29) is 11.7 Å². The molecule has 0 bridgehead atoms. The van der Waals surface area contributed by atoms with Gasteiger partial charge in [0.25, 0.3) is 0 Å². The van der Waals surface area contributed by atoms with Gasteiger partial charge in [-0.25, -0.2) is 4.79 Å². The second-order valence-electron chi connectivity index (χ2n) is 3.61. The first kappa shape index (κ1) is 9.22. The molecular weight excluding hydrogens is 187 g/mol. The second kappa shape index (κ2) is 3.43. The van der Waals surface area contributed by atoms with Gasteiger partial charge in [0, 0.05) is 12.8 Å². The number of rotatable bonds is 1. The minimum atomic E-state index is -0.161. The van der Waals surface area contributed by atoms with E-state index in [0.717, 1.165) is 32.5 Å². The standard InChI is InChI=1S/C8H15N2O2P/c1-13-10-6-8(12-7(10)11)2-4-9-5-3-8/h9,13H,2-6H2,1H3. The van der Waals surface area contributed by atoms with Crippen LogP contribution in [0.4, 0.5) is 4.79 Å². The van der Waals surface area contributed by atoms with Crippen LogP contribution in [0, 0.1) is 0 Å². The lowest BCUT2D eigenvalue weighted by Gasteiger charge is -2.31. The third kappa shape index (κ3) is 1.65. The van der Waals surface area contributed by atoms with E-state index in [1.807, 2.05) is 11.3 Å². The fraction of sp³-hybridized carbons (Fsp3) is 0.875. The van der Waals surface area contributed by atoms with Gasteiger partial charge < -0.3 is 10.1 Å². The molecule has 1 atom stereocenters. The van der Waals surface area contributed by atoms with E-state index in [0.29, 0.717) is 8.73 Å². The van der Waals surface area contributed by atoms with Gasteiger partial charge in [-0.15, -0.1) is 0 Å². The molecule has 5 heteroatoms. The van der Waals surface area contributed by atoms with E-state index in [4.69, 9.17) is 4.74 Å². The fourth-order valence-corrected chi connectivity index (χ4v) is 2.61. The highest BCUT2D eigenvalue weighted by atomic mass is 31.1. The molecule has 1 unspecified atom stereocenters. The summed E-state index contributed by atoms with van der Waals surface area (Å²) in [6.45, 7) is 4.74. The van der Waals surface area contributed by atoms with Gasteiger partial charge in [-0.05, 0) is 28.5 Å². The number of carbonyl (C=O) groups is 1. The maximum atomic E-state index is 11.4. The molecule has 4 nitrogen and oxygen atoms in total. The zero-order chi connectivity index (χ0) is 9.31. The summed E-state index contributed by atoms with van der Waals surface area (Å²) in [7, 11) is 0.528. The lowest BCUT2D eigenvalue weighted by Crippen LogP contribution is -2.44. The summed E-state index contributed by atoms with van der Waals surface area (Å²) in [6, 6.07) is 0. The maximum absolute atomic E-state index is 11.4. The maximum Gasteiger partial charge on any atom is 0.413 e. The summed E-state index contributed by atoms with van der Waals surface area (Å²) < 4.78 is 7.26. The largest absolute Gasteiger partial charge is 0.441 e. The Morgan fingerprint density at radius 2 is 2.23 bits per heavy atom. The minimum absolute atomic E-state index is 0.122.